The number of hydrogen-bond donors (Lipinski definition) is 2. The number of aryl methyl sites for hydroxylation is 1. The van der Waals surface area contributed by atoms with Gasteiger partial charge in [-0.3, -0.25) is 14.9 Å². The van der Waals surface area contributed by atoms with Gasteiger partial charge in [0.15, 0.2) is 0 Å². The van der Waals surface area contributed by atoms with Gasteiger partial charge in [0.1, 0.15) is 5.69 Å². The lowest BCUT2D eigenvalue weighted by Gasteiger charge is -2.09. The van der Waals surface area contributed by atoms with Crippen LogP contribution in [-0.2, 0) is 0 Å². The van der Waals surface area contributed by atoms with E-state index in [1.807, 2.05) is 19.1 Å². The van der Waals surface area contributed by atoms with Gasteiger partial charge in [-0.05, 0) is 55.7 Å². The molecule has 0 saturated heterocycles. The minimum Gasteiger partial charge on any atom is -0.377 e. The molecule has 0 spiro atoms. The van der Waals surface area contributed by atoms with E-state index in [1.165, 1.54) is 6.07 Å². The molecule has 24 heavy (non-hydrogen) atoms. The number of benzene rings is 2. The summed E-state index contributed by atoms with van der Waals surface area (Å²) in [6.07, 6.45) is 2.03. The summed E-state index contributed by atoms with van der Waals surface area (Å²) in [5.41, 5.74) is 2.26. The van der Waals surface area contributed by atoms with Gasteiger partial charge in [-0.25, -0.2) is 0 Å². The second-order valence-electron chi connectivity index (χ2n) is 5.83. The Balaban J connectivity index is 1.82. The van der Waals surface area contributed by atoms with Crippen molar-refractivity contribution in [1.82, 2.24) is 0 Å². The molecule has 2 N–H and O–H groups in total. The van der Waals surface area contributed by atoms with Crippen LogP contribution < -0.4 is 10.6 Å². The van der Waals surface area contributed by atoms with Gasteiger partial charge in [0.25, 0.3) is 11.6 Å². The van der Waals surface area contributed by atoms with Gasteiger partial charge in [0.2, 0.25) is 0 Å². The summed E-state index contributed by atoms with van der Waals surface area (Å²) >= 11 is 3.40. The molecular formula is C17H16BrN3O3. The largest absolute Gasteiger partial charge is 0.377 e. The number of hydrogen-bond acceptors (Lipinski definition) is 4. The molecule has 0 heterocycles. The summed E-state index contributed by atoms with van der Waals surface area (Å²) in [5, 5.41) is 17.1. The monoisotopic (exact) mass is 389 g/mol. The van der Waals surface area contributed by atoms with Crippen LogP contribution in [-0.4, -0.2) is 16.9 Å². The van der Waals surface area contributed by atoms with Gasteiger partial charge in [0.05, 0.1) is 4.92 Å². The molecule has 1 amide bonds. The first-order chi connectivity index (χ1) is 11.4. The van der Waals surface area contributed by atoms with Crippen molar-refractivity contribution in [2.75, 3.05) is 10.6 Å². The maximum Gasteiger partial charge on any atom is 0.293 e. The molecule has 2 aromatic rings. The number of nitrogens with zero attached hydrogens (tertiary/aromatic N) is 1. The third-order valence-electron chi connectivity index (χ3n) is 3.81. The van der Waals surface area contributed by atoms with E-state index in [9.17, 15) is 14.9 Å². The third kappa shape index (κ3) is 3.73. The smallest absolute Gasteiger partial charge is 0.293 e. The van der Waals surface area contributed by atoms with Crippen molar-refractivity contribution in [2.45, 2.75) is 25.8 Å². The van der Waals surface area contributed by atoms with E-state index in [0.717, 1.165) is 22.9 Å². The Hall–Kier alpha value is -2.41. The Bertz CT molecular complexity index is 819. The maximum absolute atomic E-state index is 12.4. The fourth-order valence-electron chi connectivity index (χ4n) is 2.32. The summed E-state index contributed by atoms with van der Waals surface area (Å²) in [6, 6.07) is 10.2. The van der Waals surface area contributed by atoms with Crippen molar-refractivity contribution in [2.24, 2.45) is 0 Å². The lowest BCUT2D eigenvalue weighted by atomic mass is 10.1. The van der Waals surface area contributed by atoms with Crippen LogP contribution in [0.4, 0.5) is 17.1 Å². The molecule has 1 saturated carbocycles. The summed E-state index contributed by atoms with van der Waals surface area (Å²) in [7, 11) is 0. The van der Waals surface area contributed by atoms with E-state index >= 15 is 0 Å². The molecule has 0 unspecified atom stereocenters. The Labute approximate surface area is 147 Å². The molecule has 6 nitrogen and oxygen atoms in total. The fourth-order valence-corrected chi connectivity index (χ4v) is 2.57. The molecule has 0 radical (unpaired) electrons. The zero-order valence-electron chi connectivity index (χ0n) is 13.0. The highest BCUT2D eigenvalue weighted by atomic mass is 79.9. The molecule has 1 aliphatic rings. The maximum atomic E-state index is 12.4. The summed E-state index contributed by atoms with van der Waals surface area (Å²) in [6.45, 7) is 1.92. The molecule has 0 aliphatic heterocycles. The lowest BCUT2D eigenvalue weighted by Crippen LogP contribution is -2.13. The average Bonchev–Trinajstić information content (AvgIpc) is 3.35. The van der Waals surface area contributed by atoms with Gasteiger partial charge in [-0.1, -0.05) is 15.9 Å². The van der Waals surface area contributed by atoms with Gasteiger partial charge < -0.3 is 10.6 Å². The standard InChI is InChI=1S/C17H16BrN3O3/c1-10-8-13(5-6-14(10)18)20-17(22)11-2-7-15(19-12-3-4-12)16(9-11)21(23)24/h2,5-9,12,19H,3-4H2,1H3,(H,20,22). The highest BCUT2D eigenvalue weighted by molar-refractivity contribution is 9.10. The molecule has 1 aliphatic carbocycles. The molecule has 1 fully saturated rings. The van der Waals surface area contributed by atoms with Crippen LogP contribution in [0, 0.1) is 17.0 Å². The van der Waals surface area contributed by atoms with Crippen LogP contribution in [0.2, 0.25) is 0 Å². The molecule has 2 aromatic carbocycles. The van der Waals surface area contributed by atoms with Crippen molar-refractivity contribution in [1.29, 1.82) is 0 Å². The highest BCUT2D eigenvalue weighted by Gasteiger charge is 2.25. The number of nitro benzene ring substituents is 1. The van der Waals surface area contributed by atoms with E-state index in [4.69, 9.17) is 0 Å². The van der Waals surface area contributed by atoms with Crippen LogP contribution in [0.3, 0.4) is 0 Å². The second kappa shape index (κ2) is 6.60. The Morgan fingerprint density at radius 2 is 2.00 bits per heavy atom. The van der Waals surface area contributed by atoms with Crippen molar-refractivity contribution < 1.29 is 9.72 Å². The van der Waals surface area contributed by atoms with Crippen molar-refractivity contribution in [3.63, 3.8) is 0 Å². The van der Waals surface area contributed by atoms with E-state index in [0.29, 0.717) is 17.4 Å². The van der Waals surface area contributed by atoms with Gasteiger partial charge in [-0.15, -0.1) is 0 Å². The van der Waals surface area contributed by atoms with Crippen LogP contribution in [0.1, 0.15) is 28.8 Å². The molecular weight excluding hydrogens is 374 g/mol. The van der Waals surface area contributed by atoms with Crippen molar-refractivity contribution in [3.8, 4) is 0 Å². The molecule has 3 rings (SSSR count). The number of halogens is 1. The summed E-state index contributed by atoms with van der Waals surface area (Å²) < 4.78 is 0.951. The minimum atomic E-state index is -0.467. The van der Waals surface area contributed by atoms with Crippen LogP contribution in [0.5, 0.6) is 0 Å². The lowest BCUT2D eigenvalue weighted by molar-refractivity contribution is -0.384. The fraction of sp³-hybridized carbons (Fsp3) is 0.235. The molecule has 0 bridgehead atoms. The first-order valence-corrected chi connectivity index (χ1v) is 8.36. The van der Waals surface area contributed by atoms with Crippen LogP contribution >= 0.6 is 15.9 Å². The Morgan fingerprint density at radius 3 is 2.62 bits per heavy atom. The number of nitrogens with one attached hydrogen (secondary N) is 2. The number of carbonyl (C=O) groups excluding carboxylic acids is 1. The molecule has 7 heteroatoms. The van der Waals surface area contributed by atoms with Gasteiger partial charge in [-0.2, -0.15) is 0 Å². The van der Waals surface area contributed by atoms with E-state index in [1.54, 1.807) is 18.2 Å². The average molecular weight is 390 g/mol. The van der Waals surface area contributed by atoms with E-state index in [-0.39, 0.29) is 17.2 Å². The van der Waals surface area contributed by atoms with Crippen molar-refractivity contribution in [3.05, 3.63) is 62.1 Å². The van der Waals surface area contributed by atoms with Gasteiger partial charge in [0, 0.05) is 27.8 Å². The number of carbonyl (C=O) groups is 1. The summed E-state index contributed by atoms with van der Waals surface area (Å²) in [4.78, 5) is 23.2. The van der Waals surface area contributed by atoms with Gasteiger partial charge >= 0.3 is 0 Å². The first kappa shape index (κ1) is 16.4. The van der Waals surface area contributed by atoms with Crippen LogP contribution in [0.25, 0.3) is 0 Å². The Morgan fingerprint density at radius 1 is 1.25 bits per heavy atom. The zero-order valence-corrected chi connectivity index (χ0v) is 14.6. The molecule has 0 aromatic heterocycles. The topological polar surface area (TPSA) is 84.3 Å². The number of rotatable bonds is 5. The third-order valence-corrected chi connectivity index (χ3v) is 4.70. The first-order valence-electron chi connectivity index (χ1n) is 7.56. The highest BCUT2D eigenvalue weighted by Crippen LogP contribution is 2.31. The van der Waals surface area contributed by atoms with E-state index in [2.05, 4.69) is 26.6 Å². The Kier molecular flexibility index (Phi) is 4.53. The SMILES string of the molecule is Cc1cc(NC(=O)c2ccc(NC3CC3)c([N+](=O)[O-])c2)ccc1Br. The van der Waals surface area contributed by atoms with Crippen LogP contribution in [0.15, 0.2) is 40.9 Å². The predicted octanol–water partition coefficient (Wildman–Crippen LogP) is 4.49. The molecule has 124 valence electrons. The minimum absolute atomic E-state index is 0.0819. The van der Waals surface area contributed by atoms with Crippen molar-refractivity contribution >= 4 is 38.9 Å². The quantitative estimate of drug-likeness (QED) is 0.582. The zero-order chi connectivity index (χ0) is 17.3. The predicted molar refractivity (Wildman–Crippen MR) is 96.6 cm³/mol. The number of amides is 1. The number of nitro groups is 1. The molecule has 0 atom stereocenters. The second-order valence-corrected chi connectivity index (χ2v) is 6.68. The normalized spacial score (nSPS) is 13.4. The summed E-state index contributed by atoms with van der Waals surface area (Å²) in [5.74, 6) is -0.377. The van der Waals surface area contributed by atoms with E-state index < -0.39 is 4.92 Å². The number of anilines is 2.